The van der Waals surface area contributed by atoms with Crippen molar-refractivity contribution in [3.05, 3.63) is 29.8 Å². The summed E-state index contributed by atoms with van der Waals surface area (Å²) in [6, 6.07) is 8.77. The number of nitrogens with zero attached hydrogens (tertiary/aromatic N) is 2. The summed E-state index contributed by atoms with van der Waals surface area (Å²) < 4.78 is 0. The summed E-state index contributed by atoms with van der Waals surface area (Å²) in [5, 5.41) is 3.66. The van der Waals surface area contributed by atoms with Gasteiger partial charge in [-0.1, -0.05) is 18.2 Å². The Kier molecular flexibility index (Phi) is 4.27. The fourth-order valence-electron chi connectivity index (χ4n) is 3.54. The van der Waals surface area contributed by atoms with Gasteiger partial charge in [0.15, 0.2) is 0 Å². The first-order chi connectivity index (χ1) is 10.1. The average Bonchev–Trinajstić information content (AvgIpc) is 2.97. The number of fused-ring (bicyclic) bond motifs is 1. The molecule has 4 nitrogen and oxygen atoms in total. The van der Waals surface area contributed by atoms with Crippen LogP contribution in [0.3, 0.4) is 0 Å². The highest BCUT2D eigenvalue weighted by Crippen LogP contribution is 2.33. The first-order valence-electron chi connectivity index (χ1n) is 7.99. The van der Waals surface area contributed by atoms with E-state index in [1.807, 2.05) is 19.2 Å². The summed E-state index contributed by atoms with van der Waals surface area (Å²) >= 11 is 0. The van der Waals surface area contributed by atoms with Crippen LogP contribution in [-0.4, -0.2) is 43.5 Å². The van der Waals surface area contributed by atoms with E-state index in [4.69, 9.17) is 0 Å². The van der Waals surface area contributed by atoms with Gasteiger partial charge in [-0.3, -0.25) is 4.79 Å². The Bertz CT molecular complexity index is 511. The van der Waals surface area contributed by atoms with Crippen molar-refractivity contribution in [3.8, 4) is 0 Å². The van der Waals surface area contributed by atoms with Crippen LogP contribution in [0.1, 0.15) is 37.8 Å². The summed E-state index contributed by atoms with van der Waals surface area (Å²) in [7, 11) is 1.87. The predicted molar refractivity (Wildman–Crippen MR) is 85.5 cm³/mol. The standard InChI is InChI=1S/C17H25N3O/c1-13(12-20-9-5-6-10-20)18-15-11-17(21)19(2)16-8-4-3-7-14(15)16/h3-4,7-8,13,15,18H,5-6,9-12H2,1-2H3. The molecule has 0 spiro atoms. The molecule has 1 saturated heterocycles. The molecule has 1 aromatic carbocycles. The van der Waals surface area contributed by atoms with E-state index in [-0.39, 0.29) is 11.9 Å². The van der Waals surface area contributed by atoms with E-state index < -0.39 is 0 Å². The molecule has 2 unspecified atom stereocenters. The number of amides is 1. The lowest BCUT2D eigenvalue weighted by Gasteiger charge is -2.34. The second-order valence-electron chi connectivity index (χ2n) is 6.34. The first-order valence-corrected chi connectivity index (χ1v) is 7.99. The second kappa shape index (κ2) is 6.16. The van der Waals surface area contributed by atoms with E-state index in [1.165, 1.54) is 31.5 Å². The fraction of sp³-hybridized carbons (Fsp3) is 0.588. The highest BCUT2D eigenvalue weighted by molar-refractivity contribution is 5.96. The lowest BCUT2D eigenvalue weighted by atomic mass is 9.95. The molecule has 1 N–H and O–H groups in total. The lowest BCUT2D eigenvalue weighted by molar-refractivity contribution is -0.119. The van der Waals surface area contributed by atoms with Crippen LogP contribution in [-0.2, 0) is 4.79 Å². The Morgan fingerprint density at radius 1 is 1.29 bits per heavy atom. The van der Waals surface area contributed by atoms with Crippen LogP contribution in [0.4, 0.5) is 5.69 Å². The van der Waals surface area contributed by atoms with E-state index in [2.05, 4.69) is 29.3 Å². The highest BCUT2D eigenvalue weighted by Gasteiger charge is 2.29. The van der Waals surface area contributed by atoms with Gasteiger partial charge in [-0.05, 0) is 44.5 Å². The fourth-order valence-corrected chi connectivity index (χ4v) is 3.54. The van der Waals surface area contributed by atoms with Crippen molar-refractivity contribution >= 4 is 11.6 Å². The van der Waals surface area contributed by atoms with Crippen LogP contribution in [0.5, 0.6) is 0 Å². The Labute approximate surface area is 127 Å². The van der Waals surface area contributed by atoms with Crippen molar-refractivity contribution in [3.63, 3.8) is 0 Å². The SMILES string of the molecule is CC(CN1CCCC1)NC1CC(=O)N(C)c2ccccc21. The Morgan fingerprint density at radius 3 is 2.76 bits per heavy atom. The normalized spacial score (nSPS) is 24.2. The summed E-state index contributed by atoms with van der Waals surface area (Å²) in [5.74, 6) is 0.194. The van der Waals surface area contributed by atoms with Crippen LogP contribution in [0.15, 0.2) is 24.3 Å². The minimum atomic E-state index is 0.141. The predicted octanol–water partition coefficient (Wildman–Crippen LogP) is 2.17. The van der Waals surface area contributed by atoms with E-state index >= 15 is 0 Å². The molecule has 2 aliphatic heterocycles. The molecule has 2 atom stereocenters. The van der Waals surface area contributed by atoms with Crippen LogP contribution in [0.2, 0.25) is 0 Å². The summed E-state index contributed by atoms with van der Waals surface area (Å²) in [5.41, 5.74) is 2.28. The number of carbonyl (C=O) groups excluding carboxylic acids is 1. The van der Waals surface area contributed by atoms with Gasteiger partial charge in [-0.25, -0.2) is 0 Å². The number of nitrogens with one attached hydrogen (secondary N) is 1. The number of benzene rings is 1. The zero-order valence-corrected chi connectivity index (χ0v) is 13.0. The molecule has 0 bridgehead atoms. The van der Waals surface area contributed by atoms with Crippen molar-refractivity contribution in [1.29, 1.82) is 0 Å². The smallest absolute Gasteiger partial charge is 0.228 e. The van der Waals surface area contributed by atoms with Crippen molar-refractivity contribution in [2.75, 3.05) is 31.6 Å². The third-order valence-electron chi connectivity index (χ3n) is 4.64. The maximum Gasteiger partial charge on any atom is 0.228 e. The van der Waals surface area contributed by atoms with Gasteiger partial charge < -0.3 is 15.1 Å². The maximum absolute atomic E-state index is 12.2. The summed E-state index contributed by atoms with van der Waals surface area (Å²) in [4.78, 5) is 16.5. The molecule has 1 aromatic rings. The Hall–Kier alpha value is -1.39. The zero-order valence-electron chi connectivity index (χ0n) is 13.0. The third-order valence-corrected chi connectivity index (χ3v) is 4.64. The molecule has 3 rings (SSSR count). The molecule has 0 saturated carbocycles. The molecule has 0 radical (unpaired) electrons. The van der Waals surface area contributed by atoms with E-state index in [0.717, 1.165) is 12.2 Å². The number of carbonyl (C=O) groups is 1. The minimum Gasteiger partial charge on any atom is -0.315 e. The van der Waals surface area contributed by atoms with Gasteiger partial charge in [-0.15, -0.1) is 0 Å². The van der Waals surface area contributed by atoms with Gasteiger partial charge in [0.05, 0.1) is 0 Å². The molecular formula is C17H25N3O. The lowest BCUT2D eigenvalue weighted by Crippen LogP contribution is -2.44. The van der Waals surface area contributed by atoms with E-state index in [9.17, 15) is 4.79 Å². The zero-order chi connectivity index (χ0) is 14.8. The number of anilines is 1. The van der Waals surface area contributed by atoms with Gasteiger partial charge in [0.2, 0.25) is 5.91 Å². The highest BCUT2D eigenvalue weighted by atomic mass is 16.2. The minimum absolute atomic E-state index is 0.141. The van der Waals surface area contributed by atoms with Crippen molar-refractivity contribution in [2.45, 2.75) is 38.3 Å². The molecule has 4 heteroatoms. The van der Waals surface area contributed by atoms with Gasteiger partial charge in [0.1, 0.15) is 0 Å². The van der Waals surface area contributed by atoms with Crippen LogP contribution >= 0.6 is 0 Å². The number of rotatable bonds is 4. The van der Waals surface area contributed by atoms with E-state index in [0.29, 0.717) is 12.5 Å². The molecule has 114 valence electrons. The Balaban J connectivity index is 1.70. The topological polar surface area (TPSA) is 35.6 Å². The molecule has 2 heterocycles. The Morgan fingerprint density at radius 2 is 2.00 bits per heavy atom. The monoisotopic (exact) mass is 287 g/mol. The quantitative estimate of drug-likeness (QED) is 0.922. The van der Waals surface area contributed by atoms with Crippen LogP contribution in [0, 0.1) is 0 Å². The largest absolute Gasteiger partial charge is 0.315 e. The third kappa shape index (κ3) is 3.11. The number of hydrogen-bond donors (Lipinski definition) is 1. The molecule has 21 heavy (non-hydrogen) atoms. The maximum atomic E-state index is 12.2. The van der Waals surface area contributed by atoms with Crippen LogP contribution < -0.4 is 10.2 Å². The molecule has 0 aliphatic carbocycles. The number of para-hydroxylation sites is 1. The molecule has 2 aliphatic rings. The average molecular weight is 287 g/mol. The van der Waals surface area contributed by atoms with Crippen molar-refractivity contribution < 1.29 is 4.79 Å². The van der Waals surface area contributed by atoms with Gasteiger partial charge in [0.25, 0.3) is 0 Å². The van der Waals surface area contributed by atoms with Crippen LogP contribution in [0.25, 0.3) is 0 Å². The second-order valence-corrected chi connectivity index (χ2v) is 6.34. The van der Waals surface area contributed by atoms with Gasteiger partial charge >= 0.3 is 0 Å². The van der Waals surface area contributed by atoms with Gasteiger partial charge in [-0.2, -0.15) is 0 Å². The molecule has 1 amide bonds. The number of hydrogen-bond acceptors (Lipinski definition) is 3. The summed E-state index contributed by atoms with van der Waals surface area (Å²) in [6.45, 7) is 5.73. The first kappa shape index (κ1) is 14.5. The summed E-state index contributed by atoms with van der Waals surface area (Å²) in [6.07, 6.45) is 3.20. The van der Waals surface area contributed by atoms with Crippen molar-refractivity contribution in [2.24, 2.45) is 0 Å². The molecular weight excluding hydrogens is 262 g/mol. The molecule has 1 fully saturated rings. The number of likely N-dealkylation sites (tertiary alicyclic amines) is 1. The molecule has 0 aromatic heterocycles. The van der Waals surface area contributed by atoms with E-state index in [1.54, 1.807) is 4.90 Å². The van der Waals surface area contributed by atoms with Crippen molar-refractivity contribution in [1.82, 2.24) is 10.2 Å². The van der Waals surface area contributed by atoms with Gasteiger partial charge in [0, 0.05) is 37.8 Å².